The van der Waals surface area contributed by atoms with E-state index in [0.717, 1.165) is 36.9 Å². The fourth-order valence-electron chi connectivity index (χ4n) is 2.95. The molecule has 1 aromatic carbocycles. The molecule has 3 heteroatoms. The monoisotopic (exact) mass is 277 g/mol. The van der Waals surface area contributed by atoms with Crippen molar-refractivity contribution in [2.45, 2.75) is 39.7 Å². The fourth-order valence-corrected chi connectivity index (χ4v) is 2.95. The van der Waals surface area contributed by atoms with Crippen molar-refractivity contribution in [3.8, 4) is 5.75 Å². The second-order valence-corrected chi connectivity index (χ2v) is 6.24. The van der Waals surface area contributed by atoms with E-state index in [1.165, 1.54) is 18.4 Å². The van der Waals surface area contributed by atoms with Crippen LogP contribution >= 0.6 is 0 Å². The minimum absolute atomic E-state index is 0.370. The number of hydrogen-bond acceptors (Lipinski definition) is 3. The number of piperidine rings is 1. The van der Waals surface area contributed by atoms with E-state index in [1.54, 1.807) is 0 Å². The first-order chi connectivity index (χ1) is 9.54. The molecule has 0 bridgehead atoms. The Bertz CT molecular complexity index is 433. The zero-order valence-electron chi connectivity index (χ0n) is 12.9. The number of aryl methyl sites for hydroxylation is 2. The summed E-state index contributed by atoms with van der Waals surface area (Å²) in [5, 5.41) is 10.1. The number of benzene rings is 1. The van der Waals surface area contributed by atoms with Gasteiger partial charge in [0.15, 0.2) is 0 Å². The maximum atomic E-state index is 10.1. The first kappa shape index (κ1) is 15.3. The molecular formula is C17H27NO2. The fraction of sp³-hybridized carbons (Fsp3) is 0.647. The molecule has 1 aromatic rings. The molecule has 0 aromatic heterocycles. The van der Waals surface area contributed by atoms with Crippen molar-refractivity contribution in [1.82, 2.24) is 4.90 Å². The molecule has 2 rings (SSSR count). The van der Waals surface area contributed by atoms with Crippen molar-refractivity contribution in [3.05, 3.63) is 29.3 Å². The average molecular weight is 277 g/mol. The standard InChI is InChI=1S/C17H27NO2/c1-13-6-7-17(15(3)9-13)20-12-16(19)11-18-8-4-5-14(2)10-18/h6-7,9,14,16,19H,4-5,8,10-12H2,1-3H3/t14-,16-/m0/s1. The van der Waals surface area contributed by atoms with Crippen molar-refractivity contribution in [1.29, 1.82) is 0 Å². The highest BCUT2D eigenvalue weighted by molar-refractivity contribution is 5.35. The molecule has 2 atom stereocenters. The highest BCUT2D eigenvalue weighted by Crippen LogP contribution is 2.19. The van der Waals surface area contributed by atoms with E-state index in [4.69, 9.17) is 4.74 Å². The maximum absolute atomic E-state index is 10.1. The molecule has 0 aliphatic carbocycles. The highest BCUT2D eigenvalue weighted by Gasteiger charge is 2.19. The third-order valence-corrected chi connectivity index (χ3v) is 3.97. The van der Waals surface area contributed by atoms with Gasteiger partial charge in [-0.25, -0.2) is 0 Å². The number of likely N-dealkylation sites (tertiary alicyclic amines) is 1. The molecule has 0 spiro atoms. The van der Waals surface area contributed by atoms with Crippen LogP contribution in [0.4, 0.5) is 0 Å². The Morgan fingerprint density at radius 3 is 2.90 bits per heavy atom. The first-order valence-corrected chi connectivity index (χ1v) is 7.65. The summed E-state index contributed by atoms with van der Waals surface area (Å²) in [5.74, 6) is 1.62. The summed E-state index contributed by atoms with van der Waals surface area (Å²) in [6.07, 6.45) is 2.14. The zero-order chi connectivity index (χ0) is 14.5. The predicted molar refractivity (Wildman–Crippen MR) is 82.3 cm³/mol. The lowest BCUT2D eigenvalue weighted by Gasteiger charge is -2.32. The van der Waals surface area contributed by atoms with Gasteiger partial charge < -0.3 is 14.7 Å². The van der Waals surface area contributed by atoms with Gasteiger partial charge in [-0.15, -0.1) is 0 Å². The number of nitrogens with zero attached hydrogens (tertiary/aromatic N) is 1. The minimum atomic E-state index is -0.416. The Labute approximate surface area is 122 Å². The zero-order valence-corrected chi connectivity index (χ0v) is 12.9. The third kappa shape index (κ3) is 4.50. The van der Waals surface area contributed by atoms with Gasteiger partial charge >= 0.3 is 0 Å². The van der Waals surface area contributed by atoms with Crippen LogP contribution in [0.3, 0.4) is 0 Å². The number of β-amino-alcohol motifs (C(OH)–C–C–N with tert-alkyl or cyclic N) is 1. The SMILES string of the molecule is Cc1ccc(OC[C@@H](O)CN2CCC[C@H](C)C2)c(C)c1. The quantitative estimate of drug-likeness (QED) is 0.898. The van der Waals surface area contributed by atoms with Crippen molar-refractivity contribution in [2.24, 2.45) is 5.92 Å². The van der Waals surface area contributed by atoms with Gasteiger partial charge in [-0.05, 0) is 50.8 Å². The van der Waals surface area contributed by atoms with Crippen LogP contribution in [-0.2, 0) is 0 Å². The van der Waals surface area contributed by atoms with E-state index in [0.29, 0.717) is 6.61 Å². The molecule has 1 heterocycles. The third-order valence-electron chi connectivity index (χ3n) is 3.97. The second kappa shape index (κ2) is 7.09. The van der Waals surface area contributed by atoms with E-state index in [2.05, 4.69) is 24.8 Å². The molecule has 0 unspecified atom stereocenters. The van der Waals surface area contributed by atoms with Crippen LogP contribution in [0.25, 0.3) is 0 Å². The minimum Gasteiger partial charge on any atom is -0.491 e. The maximum Gasteiger partial charge on any atom is 0.122 e. The van der Waals surface area contributed by atoms with Gasteiger partial charge in [0.1, 0.15) is 18.5 Å². The molecule has 0 amide bonds. The lowest BCUT2D eigenvalue weighted by Crippen LogP contribution is -2.41. The summed E-state index contributed by atoms with van der Waals surface area (Å²) in [5.41, 5.74) is 2.36. The summed E-state index contributed by atoms with van der Waals surface area (Å²) < 4.78 is 5.75. The van der Waals surface area contributed by atoms with Crippen LogP contribution in [-0.4, -0.2) is 42.4 Å². The van der Waals surface area contributed by atoms with E-state index in [1.807, 2.05) is 19.1 Å². The molecule has 1 aliphatic heterocycles. The van der Waals surface area contributed by atoms with Crippen molar-refractivity contribution >= 4 is 0 Å². The summed E-state index contributed by atoms with van der Waals surface area (Å²) in [7, 11) is 0. The van der Waals surface area contributed by atoms with Crippen LogP contribution in [0.5, 0.6) is 5.75 Å². The lowest BCUT2D eigenvalue weighted by atomic mass is 10.0. The van der Waals surface area contributed by atoms with E-state index in [9.17, 15) is 5.11 Å². The molecule has 3 nitrogen and oxygen atoms in total. The van der Waals surface area contributed by atoms with Crippen molar-refractivity contribution in [2.75, 3.05) is 26.2 Å². The van der Waals surface area contributed by atoms with Gasteiger partial charge in [0.25, 0.3) is 0 Å². The number of hydrogen-bond donors (Lipinski definition) is 1. The van der Waals surface area contributed by atoms with Crippen LogP contribution in [0.2, 0.25) is 0 Å². The Morgan fingerprint density at radius 1 is 1.40 bits per heavy atom. The van der Waals surface area contributed by atoms with E-state index >= 15 is 0 Å². The van der Waals surface area contributed by atoms with Crippen molar-refractivity contribution < 1.29 is 9.84 Å². The Hall–Kier alpha value is -1.06. The van der Waals surface area contributed by atoms with Crippen LogP contribution in [0.1, 0.15) is 30.9 Å². The van der Waals surface area contributed by atoms with Gasteiger partial charge in [0, 0.05) is 13.1 Å². The molecule has 1 fully saturated rings. The second-order valence-electron chi connectivity index (χ2n) is 6.24. The summed E-state index contributed by atoms with van der Waals surface area (Å²) in [6.45, 7) is 9.69. The predicted octanol–water partition coefficient (Wildman–Crippen LogP) is 2.78. The van der Waals surface area contributed by atoms with Gasteiger partial charge in [-0.3, -0.25) is 0 Å². The molecule has 20 heavy (non-hydrogen) atoms. The smallest absolute Gasteiger partial charge is 0.122 e. The van der Waals surface area contributed by atoms with E-state index in [-0.39, 0.29) is 0 Å². The van der Waals surface area contributed by atoms with Crippen LogP contribution < -0.4 is 4.74 Å². The van der Waals surface area contributed by atoms with Crippen molar-refractivity contribution in [3.63, 3.8) is 0 Å². The topological polar surface area (TPSA) is 32.7 Å². The van der Waals surface area contributed by atoms with Gasteiger partial charge in [-0.1, -0.05) is 24.6 Å². The number of rotatable bonds is 5. The lowest BCUT2D eigenvalue weighted by molar-refractivity contribution is 0.0535. The van der Waals surface area contributed by atoms with Gasteiger partial charge in [0.05, 0.1) is 0 Å². The molecule has 0 radical (unpaired) electrons. The largest absolute Gasteiger partial charge is 0.491 e. The van der Waals surface area contributed by atoms with Gasteiger partial charge in [-0.2, -0.15) is 0 Å². The average Bonchev–Trinajstić information content (AvgIpc) is 2.37. The first-order valence-electron chi connectivity index (χ1n) is 7.65. The molecule has 1 aliphatic rings. The Balaban J connectivity index is 1.78. The molecule has 1 N–H and O–H groups in total. The van der Waals surface area contributed by atoms with Gasteiger partial charge in [0.2, 0.25) is 0 Å². The summed E-state index contributed by atoms with van der Waals surface area (Å²) >= 11 is 0. The number of aliphatic hydroxyl groups is 1. The molecule has 112 valence electrons. The van der Waals surface area contributed by atoms with E-state index < -0.39 is 6.10 Å². The summed E-state index contributed by atoms with van der Waals surface area (Å²) in [4.78, 5) is 2.35. The van der Waals surface area contributed by atoms with Crippen LogP contribution in [0.15, 0.2) is 18.2 Å². The Morgan fingerprint density at radius 2 is 2.20 bits per heavy atom. The Kier molecular flexibility index (Phi) is 5.44. The molecular weight excluding hydrogens is 250 g/mol. The molecule has 1 saturated heterocycles. The highest BCUT2D eigenvalue weighted by atomic mass is 16.5. The summed E-state index contributed by atoms with van der Waals surface area (Å²) in [6, 6.07) is 6.13. The normalized spacial score (nSPS) is 21.7. The van der Waals surface area contributed by atoms with Crippen LogP contribution in [0, 0.1) is 19.8 Å². The molecule has 0 saturated carbocycles. The number of aliphatic hydroxyl groups excluding tert-OH is 1. The number of ether oxygens (including phenoxy) is 1.